The number of nitrogen functional groups attached to an aromatic ring is 1. The SMILES string of the molecule is COCCN(C(=O)c1ccc(C)o1)c1c(N)n(CC(C)C)c(=O)[nH]c1=O. The van der Waals surface area contributed by atoms with Crippen LogP contribution in [-0.2, 0) is 11.3 Å². The van der Waals surface area contributed by atoms with Crippen LogP contribution >= 0.6 is 0 Å². The molecule has 9 heteroatoms. The average molecular weight is 364 g/mol. The molecule has 0 aliphatic carbocycles. The van der Waals surface area contributed by atoms with Crippen molar-refractivity contribution in [2.75, 3.05) is 30.9 Å². The molecule has 26 heavy (non-hydrogen) atoms. The van der Waals surface area contributed by atoms with Gasteiger partial charge in [-0.25, -0.2) is 4.79 Å². The second-order valence-electron chi connectivity index (χ2n) is 6.36. The van der Waals surface area contributed by atoms with Gasteiger partial charge >= 0.3 is 5.69 Å². The van der Waals surface area contributed by atoms with Crippen molar-refractivity contribution in [2.45, 2.75) is 27.3 Å². The average Bonchev–Trinajstić information content (AvgIpc) is 3.00. The van der Waals surface area contributed by atoms with Crippen LogP contribution in [0.15, 0.2) is 26.1 Å². The van der Waals surface area contributed by atoms with Gasteiger partial charge in [0.1, 0.15) is 11.6 Å². The molecule has 142 valence electrons. The Morgan fingerprint density at radius 2 is 2.08 bits per heavy atom. The largest absolute Gasteiger partial charge is 0.456 e. The lowest BCUT2D eigenvalue weighted by atomic mass is 10.2. The molecule has 0 spiro atoms. The minimum atomic E-state index is -0.736. The highest BCUT2D eigenvalue weighted by Crippen LogP contribution is 2.21. The molecule has 0 saturated heterocycles. The van der Waals surface area contributed by atoms with Gasteiger partial charge in [-0.3, -0.25) is 24.0 Å². The van der Waals surface area contributed by atoms with Crippen molar-refractivity contribution in [2.24, 2.45) is 5.92 Å². The minimum Gasteiger partial charge on any atom is -0.456 e. The second kappa shape index (κ2) is 8.05. The Bertz CT molecular complexity index is 893. The Morgan fingerprint density at radius 3 is 2.62 bits per heavy atom. The number of nitrogens with one attached hydrogen (secondary N) is 1. The summed E-state index contributed by atoms with van der Waals surface area (Å²) < 4.78 is 11.7. The quantitative estimate of drug-likeness (QED) is 0.754. The minimum absolute atomic E-state index is 0.0685. The van der Waals surface area contributed by atoms with Crippen molar-refractivity contribution < 1.29 is 13.9 Å². The number of ether oxygens (including phenoxy) is 1. The summed E-state index contributed by atoms with van der Waals surface area (Å²) in [6.45, 7) is 6.09. The number of nitrogens with zero attached hydrogens (tertiary/aromatic N) is 2. The summed E-state index contributed by atoms with van der Waals surface area (Å²) in [7, 11) is 1.48. The first-order valence-electron chi connectivity index (χ1n) is 8.26. The van der Waals surface area contributed by atoms with Gasteiger partial charge in [0.2, 0.25) is 0 Å². The second-order valence-corrected chi connectivity index (χ2v) is 6.36. The van der Waals surface area contributed by atoms with Gasteiger partial charge in [-0.2, -0.15) is 0 Å². The number of hydrogen-bond acceptors (Lipinski definition) is 6. The van der Waals surface area contributed by atoms with Crippen LogP contribution in [0.2, 0.25) is 0 Å². The van der Waals surface area contributed by atoms with Crippen molar-refractivity contribution in [3.63, 3.8) is 0 Å². The molecule has 0 aromatic carbocycles. The molecular formula is C17H24N4O5. The Hall–Kier alpha value is -2.81. The smallest absolute Gasteiger partial charge is 0.330 e. The van der Waals surface area contributed by atoms with Gasteiger partial charge < -0.3 is 14.9 Å². The van der Waals surface area contributed by atoms with E-state index in [1.807, 2.05) is 13.8 Å². The molecule has 0 unspecified atom stereocenters. The molecule has 2 aromatic heterocycles. The van der Waals surface area contributed by atoms with E-state index in [2.05, 4.69) is 4.98 Å². The lowest BCUT2D eigenvalue weighted by molar-refractivity contribution is 0.0947. The Balaban J connectivity index is 2.59. The number of H-pyrrole nitrogens is 1. The van der Waals surface area contributed by atoms with Gasteiger partial charge in [-0.15, -0.1) is 0 Å². The van der Waals surface area contributed by atoms with E-state index >= 15 is 0 Å². The first-order chi connectivity index (χ1) is 12.3. The van der Waals surface area contributed by atoms with Crippen LogP contribution in [0.3, 0.4) is 0 Å². The van der Waals surface area contributed by atoms with Crippen LogP contribution in [0, 0.1) is 12.8 Å². The molecule has 0 saturated carbocycles. The Morgan fingerprint density at radius 1 is 1.38 bits per heavy atom. The molecule has 1 amide bonds. The highest BCUT2D eigenvalue weighted by Gasteiger charge is 2.27. The monoisotopic (exact) mass is 364 g/mol. The molecule has 0 bridgehead atoms. The maximum atomic E-state index is 12.9. The standard InChI is InChI=1S/C17H24N4O5/c1-10(2)9-21-14(18)13(15(22)19-17(21)24)20(7-8-25-4)16(23)12-6-5-11(3)26-12/h5-6,10H,7-9,18H2,1-4H3,(H,19,22,24). The van der Waals surface area contributed by atoms with Gasteiger partial charge in [0.25, 0.3) is 11.5 Å². The zero-order valence-electron chi connectivity index (χ0n) is 15.4. The number of aromatic amines is 1. The molecule has 0 fully saturated rings. The predicted octanol–water partition coefficient (Wildman–Crippen LogP) is 0.969. The van der Waals surface area contributed by atoms with Gasteiger partial charge in [-0.05, 0) is 25.0 Å². The summed E-state index contributed by atoms with van der Waals surface area (Å²) in [5, 5.41) is 0. The van der Waals surface area contributed by atoms with Crippen molar-refractivity contribution in [1.29, 1.82) is 0 Å². The zero-order chi connectivity index (χ0) is 19.4. The Kier molecular flexibility index (Phi) is 6.04. The zero-order valence-corrected chi connectivity index (χ0v) is 15.4. The maximum Gasteiger partial charge on any atom is 0.330 e. The topological polar surface area (TPSA) is 124 Å². The van der Waals surface area contributed by atoms with Crippen LogP contribution in [0.5, 0.6) is 0 Å². The van der Waals surface area contributed by atoms with Crippen molar-refractivity contribution in [3.05, 3.63) is 44.5 Å². The highest BCUT2D eigenvalue weighted by atomic mass is 16.5. The molecule has 2 rings (SSSR count). The van der Waals surface area contributed by atoms with E-state index in [9.17, 15) is 14.4 Å². The lowest BCUT2D eigenvalue weighted by Crippen LogP contribution is -2.42. The highest BCUT2D eigenvalue weighted by molar-refractivity contribution is 6.05. The van der Waals surface area contributed by atoms with E-state index in [0.717, 1.165) is 0 Å². The molecular weight excluding hydrogens is 340 g/mol. The van der Waals surface area contributed by atoms with E-state index in [1.165, 1.54) is 22.6 Å². The van der Waals surface area contributed by atoms with Crippen LogP contribution in [0.25, 0.3) is 0 Å². The Labute approximate surface area is 150 Å². The molecule has 0 aliphatic rings. The third kappa shape index (κ3) is 4.05. The number of methoxy groups -OCH3 is 1. The normalized spacial score (nSPS) is 11.1. The number of aromatic nitrogens is 2. The van der Waals surface area contributed by atoms with Crippen LogP contribution in [0.4, 0.5) is 11.5 Å². The number of furan rings is 1. The molecule has 2 heterocycles. The summed E-state index contributed by atoms with van der Waals surface area (Å²) in [6, 6.07) is 3.17. The summed E-state index contributed by atoms with van der Waals surface area (Å²) in [6.07, 6.45) is 0. The van der Waals surface area contributed by atoms with Gasteiger partial charge in [0.15, 0.2) is 11.4 Å². The van der Waals surface area contributed by atoms with Gasteiger partial charge in [-0.1, -0.05) is 13.8 Å². The number of amides is 1. The third-order valence-electron chi connectivity index (χ3n) is 3.75. The van der Waals surface area contributed by atoms with Crippen molar-refractivity contribution in [3.8, 4) is 0 Å². The van der Waals surface area contributed by atoms with Crippen LogP contribution in [-0.4, -0.2) is 35.7 Å². The van der Waals surface area contributed by atoms with E-state index < -0.39 is 17.2 Å². The first-order valence-corrected chi connectivity index (χ1v) is 8.26. The van der Waals surface area contributed by atoms with E-state index in [-0.39, 0.29) is 36.3 Å². The van der Waals surface area contributed by atoms with Gasteiger partial charge in [0, 0.05) is 13.7 Å². The number of rotatable bonds is 7. The summed E-state index contributed by atoms with van der Waals surface area (Å²) in [5.41, 5.74) is 4.66. The van der Waals surface area contributed by atoms with Crippen molar-refractivity contribution >= 4 is 17.4 Å². The molecule has 9 nitrogen and oxygen atoms in total. The molecule has 0 atom stereocenters. The summed E-state index contributed by atoms with van der Waals surface area (Å²) in [5.74, 6) is 0.137. The van der Waals surface area contributed by atoms with E-state index in [4.69, 9.17) is 14.9 Å². The summed E-state index contributed by atoms with van der Waals surface area (Å²) in [4.78, 5) is 40.8. The fourth-order valence-corrected chi connectivity index (χ4v) is 2.56. The third-order valence-corrected chi connectivity index (χ3v) is 3.75. The number of carbonyl (C=O) groups excluding carboxylic acids is 1. The fraction of sp³-hybridized carbons (Fsp3) is 0.471. The van der Waals surface area contributed by atoms with Crippen molar-refractivity contribution in [1.82, 2.24) is 9.55 Å². The number of hydrogen-bond donors (Lipinski definition) is 2. The molecule has 0 aliphatic heterocycles. The predicted molar refractivity (Wildman–Crippen MR) is 97.6 cm³/mol. The van der Waals surface area contributed by atoms with E-state index in [0.29, 0.717) is 12.3 Å². The van der Waals surface area contributed by atoms with Crippen LogP contribution < -0.4 is 21.9 Å². The van der Waals surface area contributed by atoms with E-state index in [1.54, 1.807) is 13.0 Å². The number of nitrogens with two attached hydrogens (primary N) is 1. The maximum absolute atomic E-state index is 12.9. The molecule has 0 radical (unpaired) electrons. The van der Waals surface area contributed by atoms with Gasteiger partial charge in [0.05, 0.1) is 13.2 Å². The molecule has 3 N–H and O–H groups in total. The first kappa shape index (κ1) is 19.5. The lowest BCUT2D eigenvalue weighted by Gasteiger charge is -2.23. The van der Waals surface area contributed by atoms with Crippen LogP contribution in [0.1, 0.15) is 30.2 Å². The summed E-state index contributed by atoms with van der Waals surface area (Å²) >= 11 is 0. The number of aryl methyl sites for hydroxylation is 1. The number of anilines is 2. The fourth-order valence-electron chi connectivity index (χ4n) is 2.56. The number of carbonyl (C=O) groups is 1. The molecule has 2 aromatic rings.